The molecule has 0 unspecified atom stereocenters. The van der Waals surface area contributed by atoms with Gasteiger partial charge in [-0.2, -0.15) is 5.10 Å². The Morgan fingerprint density at radius 2 is 1.53 bits per heavy atom. The molecule has 0 saturated heterocycles. The van der Waals surface area contributed by atoms with Crippen LogP contribution in [-0.4, -0.2) is 20.5 Å². The van der Waals surface area contributed by atoms with Crippen molar-refractivity contribution in [3.05, 3.63) is 6.33 Å². The van der Waals surface area contributed by atoms with Crippen LogP contribution in [-0.2, 0) is 7.05 Å². The average Bonchev–Trinajstić information content (AvgIpc) is 2.82. The van der Waals surface area contributed by atoms with E-state index in [0.717, 1.165) is 5.16 Å². The molecule has 1 heterocycles. The van der Waals surface area contributed by atoms with Gasteiger partial charge in [0, 0.05) is 12.8 Å². The van der Waals surface area contributed by atoms with Gasteiger partial charge in [0.2, 0.25) is 0 Å². The maximum Gasteiger partial charge on any atom is 0.185 e. The van der Waals surface area contributed by atoms with Crippen molar-refractivity contribution >= 4 is 11.8 Å². The second-order valence-electron chi connectivity index (χ2n) is 5.20. The molecular weight excluding hydrogens is 254 g/mol. The first kappa shape index (κ1) is 16.5. The number of nitrogens with zero attached hydrogens (tertiary/aromatic N) is 3. The topological polar surface area (TPSA) is 30.7 Å². The van der Waals surface area contributed by atoms with Crippen LogP contribution in [0.4, 0.5) is 0 Å². The molecule has 0 spiro atoms. The van der Waals surface area contributed by atoms with E-state index in [1.807, 2.05) is 23.5 Å². The van der Waals surface area contributed by atoms with Gasteiger partial charge in [-0.3, -0.25) is 0 Å². The van der Waals surface area contributed by atoms with E-state index in [1.54, 1.807) is 6.33 Å². The zero-order valence-corrected chi connectivity index (χ0v) is 13.4. The molecule has 0 fully saturated rings. The molecule has 0 aliphatic carbocycles. The fourth-order valence-corrected chi connectivity index (χ4v) is 3.06. The Bertz CT molecular complexity index is 312. The Morgan fingerprint density at radius 3 is 2.05 bits per heavy atom. The summed E-state index contributed by atoms with van der Waals surface area (Å²) in [5.74, 6) is 1.17. The molecule has 0 amide bonds. The Hall–Kier alpha value is -0.510. The largest absolute Gasteiger partial charge is 0.244 e. The highest BCUT2D eigenvalue weighted by Crippen LogP contribution is 2.16. The second kappa shape index (κ2) is 11.3. The summed E-state index contributed by atoms with van der Waals surface area (Å²) in [6.45, 7) is 2.28. The third-order valence-corrected chi connectivity index (χ3v) is 4.52. The molecule has 1 aromatic rings. The number of hydrogen-bond donors (Lipinski definition) is 0. The zero-order chi connectivity index (χ0) is 13.8. The Kier molecular flexibility index (Phi) is 9.86. The van der Waals surface area contributed by atoms with Crippen LogP contribution < -0.4 is 0 Å². The fraction of sp³-hybridized carbons (Fsp3) is 0.867. The summed E-state index contributed by atoms with van der Waals surface area (Å²) in [6.07, 6.45) is 15.6. The van der Waals surface area contributed by atoms with Crippen LogP contribution in [0.15, 0.2) is 11.5 Å². The van der Waals surface area contributed by atoms with Crippen LogP contribution >= 0.6 is 11.8 Å². The van der Waals surface area contributed by atoms with Crippen molar-refractivity contribution in [1.29, 1.82) is 0 Å². The van der Waals surface area contributed by atoms with Gasteiger partial charge in [-0.15, -0.1) is 0 Å². The summed E-state index contributed by atoms with van der Waals surface area (Å²) < 4.78 is 1.85. The standard InChI is InChI=1S/C15H29N3S/c1-3-4-5-6-7-8-9-10-11-12-13-19-15-16-14-17-18(15)2/h14H,3-13H2,1-2H3. The minimum Gasteiger partial charge on any atom is -0.244 e. The van der Waals surface area contributed by atoms with Crippen LogP contribution in [0.2, 0.25) is 0 Å². The van der Waals surface area contributed by atoms with E-state index in [9.17, 15) is 0 Å². The lowest BCUT2D eigenvalue weighted by Gasteiger charge is -2.02. The molecule has 1 aromatic heterocycles. The van der Waals surface area contributed by atoms with Gasteiger partial charge in [0.05, 0.1) is 0 Å². The zero-order valence-electron chi connectivity index (χ0n) is 12.6. The van der Waals surface area contributed by atoms with E-state index in [0.29, 0.717) is 0 Å². The van der Waals surface area contributed by atoms with Crippen LogP contribution in [0.5, 0.6) is 0 Å². The van der Waals surface area contributed by atoms with Crippen LogP contribution in [0.25, 0.3) is 0 Å². The molecule has 4 heteroatoms. The second-order valence-corrected chi connectivity index (χ2v) is 6.26. The number of aryl methyl sites for hydroxylation is 1. The third kappa shape index (κ3) is 8.30. The Labute approximate surface area is 122 Å². The molecule has 3 nitrogen and oxygen atoms in total. The molecule has 0 radical (unpaired) electrons. The summed E-state index contributed by atoms with van der Waals surface area (Å²) in [5.41, 5.74) is 0. The van der Waals surface area contributed by atoms with Crippen molar-refractivity contribution < 1.29 is 0 Å². The number of hydrogen-bond acceptors (Lipinski definition) is 3. The molecule has 0 N–H and O–H groups in total. The van der Waals surface area contributed by atoms with Crippen molar-refractivity contribution in [1.82, 2.24) is 14.8 Å². The van der Waals surface area contributed by atoms with Crippen molar-refractivity contribution in [2.24, 2.45) is 7.05 Å². The van der Waals surface area contributed by atoms with Gasteiger partial charge in [0.25, 0.3) is 0 Å². The quantitative estimate of drug-likeness (QED) is 0.407. The highest BCUT2D eigenvalue weighted by Gasteiger charge is 2.00. The molecule has 0 aromatic carbocycles. The van der Waals surface area contributed by atoms with Gasteiger partial charge in [0.1, 0.15) is 6.33 Å². The first-order valence-corrected chi connectivity index (χ1v) is 8.80. The molecule has 0 aliphatic rings. The van der Waals surface area contributed by atoms with Gasteiger partial charge in [-0.05, 0) is 6.42 Å². The number of aromatic nitrogens is 3. The Balaban J connectivity index is 1.80. The third-order valence-electron chi connectivity index (χ3n) is 3.40. The number of thioether (sulfide) groups is 1. The van der Waals surface area contributed by atoms with E-state index in [4.69, 9.17) is 0 Å². The molecule has 0 bridgehead atoms. The lowest BCUT2D eigenvalue weighted by molar-refractivity contribution is 0.563. The van der Waals surface area contributed by atoms with Gasteiger partial charge >= 0.3 is 0 Å². The van der Waals surface area contributed by atoms with Gasteiger partial charge < -0.3 is 0 Å². The SMILES string of the molecule is CCCCCCCCCCCCSc1ncnn1C. The predicted octanol–water partition coefficient (Wildman–Crippen LogP) is 4.83. The molecule has 1 rings (SSSR count). The summed E-state index contributed by atoms with van der Waals surface area (Å²) in [7, 11) is 1.95. The molecular formula is C15H29N3S. The van der Waals surface area contributed by atoms with E-state index in [1.165, 1.54) is 70.0 Å². The number of unbranched alkanes of at least 4 members (excludes halogenated alkanes) is 9. The van der Waals surface area contributed by atoms with Crippen molar-refractivity contribution in [2.45, 2.75) is 76.3 Å². The minimum absolute atomic E-state index is 1.04. The maximum absolute atomic E-state index is 4.21. The normalized spacial score (nSPS) is 11.1. The summed E-state index contributed by atoms with van der Waals surface area (Å²) >= 11 is 1.82. The van der Waals surface area contributed by atoms with Crippen LogP contribution in [0, 0.1) is 0 Å². The molecule has 19 heavy (non-hydrogen) atoms. The lowest BCUT2D eigenvalue weighted by Crippen LogP contribution is -1.93. The molecule has 110 valence electrons. The smallest absolute Gasteiger partial charge is 0.185 e. The van der Waals surface area contributed by atoms with E-state index in [-0.39, 0.29) is 0 Å². The van der Waals surface area contributed by atoms with Gasteiger partial charge in [0.15, 0.2) is 5.16 Å². The maximum atomic E-state index is 4.21. The summed E-state index contributed by atoms with van der Waals surface area (Å²) in [4.78, 5) is 4.21. The van der Waals surface area contributed by atoms with E-state index < -0.39 is 0 Å². The minimum atomic E-state index is 1.04. The van der Waals surface area contributed by atoms with Gasteiger partial charge in [-0.1, -0.05) is 76.5 Å². The van der Waals surface area contributed by atoms with E-state index in [2.05, 4.69) is 17.0 Å². The molecule has 0 atom stereocenters. The van der Waals surface area contributed by atoms with Crippen molar-refractivity contribution in [2.75, 3.05) is 5.75 Å². The first-order chi connectivity index (χ1) is 9.34. The van der Waals surface area contributed by atoms with Crippen molar-refractivity contribution in [3.63, 3.8) is 0 Å². The van der Waals surface area contributed by atoms with E-state index >= 15 is 0 Å². The van der Waals surface area contributed by atoms with Crippen LogP contribution in [0.1, 0.15) is 71.1 Å². The first-order valence-electron chi connectivity index (χ1n) is 7.81. The monoisotopic (exact) mass is 283 g/mol. The molecule has 0 aliphatic heterocycles. The Morgan fingerprint density at radius 1 is 0.947 bits per heavy atom. The average molecular weight is 283 g/mol. The highest BCUT2D eigenvalue weighted by atomic mass is 32.2. The fourth-order valence-electron chi connectivity index (χ4n) is 2.17. The molecule has 0 saturated carbocycles. The van der Waals surface area contributed by atoms with Crippen molar-refractivity contribution in [3.8, 4) is 0 Å². The summed E-state index contributed by atoms with van der Waals surface area (Å²) in [5, 5.41) is 5.11. The number of rotatable bonds is 12. The predicted molar refractivity (Wildman–Crippen MR) is 83.6 cm³/mol. The van der Waals surface area contributed by atoms with Gasteiger partial charge in [-0.25, -0.2) is 9.67 Å². The van der Waals surface area contributed by atoms with Crippen LogP contribution in [0.3, 0.4) is 0 Å². The lowest BCUT2D eigenvalue weighted by atomic mass is 10.1. The summed E-state index contributed by atoms with van der Waals surface area (Å²) in [6, 6.07) is 0. The highest BCUT2D eigenvalue weighted by molar-refractivity contribution is 7.99.